The molecule has 6 nitrogen and oxygen atoms in total. The van der Waals surface area contributed by atoms with E-state index >= 15 is 0 Å². The van der Waals surface area contributed by atoms with E-state index in [1.54, 1.807) is 0 Å². The van der Waals surface area contributed by atoms with Crippen LogP contribution in [0.25, 0.3) is 0 Å². The summed E-state index contributed by atoms with van der Waals surface area (Å²) < 4.78 is 19.7. The number of hydrogen-bond acceptors (Lipinski definition) is 5. The zero-order valence-corrected chi connectivity index (χ0v) is 15.4. The number of nitrogens with zero attached hydrogens (tertiary/aromatic N) is 3. The molecule has 3 aliphatic heterocycles. The second-order valence-corrected chi connectivity index (χ2v) is 8.01. The standard InChI is InChI=1S/C19H31N3O3/c1-21-12-17(11-20-21)13-22-6-4-19(5-7-22)10-18(15-25-19)24-14-16-2-8-23-9-3-16/h11-12,16,18H,2-10,13-15H2,1H3. The summed E-state index contributed by atoms with van der Waals surface area (Å²) in [6, 6.07) is 0. The fraction of sp³-hybridized carbons (Fsp3) is 0.842. The van der Waals surface area contributed by atoms with Gasteiger partial charge in [-0.2, -0.15) is 5.10 Å². The van der Waals surface area contributed by atoms with Gasteiger partial charge in [0.1, 0.15) is 0 Å². The van der Waals surface area contributed by atoms with Gasteiger partial charge in [0, 0.05) is 58.1 Å². The summed E-state index contributed by atoms with van der Waals surface area (Å²) in [5, 5.41) is 4.26. The number of ether oxygens (including phenoxy) is 3. The van der Waals surface area contributed by atoms with Crippen LogP contribution in [-0.2, 0) is 27.8 Å². The van der Waals surface area contributed by atoms with E-state index in [1.807, 2.05) is 17.9 Å². The first-order valence-electron chi connectivity index (χ1n) is 9.74. The van der Waals surface area contributed by atoms with Crippen LogP contribution in [0.4, 0.5) is 0 Å². The normalized spacial score (nSPS) is 28.0. The summed E-state index contributed by atoms with van der Waals surface area (Å²) in [7, 11) is 1.97. The second kappa shape index (κ2) is 7.74. The average Bonchev–Trinajstić information content (AvgIpc) is 3.23. The van der Waals surface area contributed by atoms with Crippen LogP contribution in [-0.4, -0.2) is 65.9 Å². The molecular weight excluding hydrogens is 318 g/mol. The molecule has 4 rings (SSSR count). The fourth-order valence-electron chi connectivity index (χ4n) is 4.37. The van der Waals surface area contributed by atoms with Crippen LogP contribution in [0.1, 0.15) is 37.7 Å². The molecule has 3 saturated heterocycles. The van der Waals surface area contributed by atoms with E-state index in [9.17, 15) is 0 Å². The van der Waals surface area contributed by atoms with Crippen molar-refractivity contribution >= 4 is 0 Å². The predicted octanol–water partition coefficient (Wildman–Crippen LogP) is 1.99. The van der Waals surface area contributed by atoms with E-state index in [4.69, 9.17) is 14.2 Å². The van der Waals surface area contributed by atoms with Crippen LogP contribution in [0.15, 0.2) is 12.4 Å². The Morgan fingerprint density at radius 3 is 2.80 bits per heavy atom. The van der Waals surface area contributed by atoms with Crippen LogP contribution in [0.2, 0.25) is 0 Å². The van der Waals surface area contributed by atoms with Gasteiger partial charge in [0.15, 0.2) is 0 Å². The molecule has 4 heterocycles. The van der Waals surface area contributed by atoms with Crippen molar-refractivity contribution in [2.45, 2.75) is 50.4 Å². The lowest BCUT2D eigenvalue weighted by atomic mass is 9.88. The van der Waals surface area contributed by atoms with E-state index in [2.05, 4.69) is 16.2 Å². The van der Waals surface area contributed by atoms with Gasteiger partial charge in [0.2, 0.25) is 0 Å². The molecule has 3 fully saturated rings. The van der Waals surface area contributed by atoms with E-state index in [0.29, 0.717) is 5.92 Å². The SMILES string of the molecule is Cn1cc(CN2CCC3(CC2)CC(OCC2CCOCC2)CO3)cn1. The Morgan fingerprint density at radius 1 is 1.28 bits per heavy atom. The van der Waals surface area contributed by atoms with Crippen molar-refractivity contribution in [3.8, 4) is 0 Å². The maximum atomic E-state index is 6.24. The predicted molar refractivity (Wildman–Crippen MR) is 94.3 cm³/mol. The van der Waals surface area contributed by atoms with Gasteiger partial charge in [-0.15, -0.1) is 0 Å². The third kappa shape index (κ3) is 4.42. The molecular formula is C19H31N3O3. The van der Waals surface area contributed by atoms with Crippen molar-refractivity contribution in [2.75, 3.05) is 39.5 Å². The van der Waals surface area contributed by atoms with Gasteiger partial charge in [0.25, 0.3) is 0 Å². The lowest BCUT2D eigenvalue weighted by Crippen LogP contribution is -2.43. The molecule has 1 spiro atoms. The van der Waals surface area contributed by atoms with Crippen LogP contribution >= 0.6 is 0 Å². The highest BCUT2D eigenvalue weighted by atomic mass is 16.6. The minimum atomic E-state index is 0.0613. The number of hydrogen-bond donors (Lipinski definition) is 0. The molecule has 0 bridgehead atoms. The summed E-state index contributed by atoms with van der Waals surface area (Å²) in [5.41, 5.74) is 1.36. The Morgan fingerprint density at radius 2 is 2.08 bits per heavy atom. The molecule has 0 N–H and O–H groups in total. The van der Waals surface area contributed by atoms with Crippen molar-refractivity contribution in [2.24, 2.45) is 13.0 Å². The van der Waals surface area contributed by atoms with Crippen molar-refractivity contribution in [3.05, 3.63) is 18.0 Å². The van der Waals surface area contributed by atoms with Crippen molar-refractivity contribution in [1.29, 1.82) is 0 Å². The number of likely N-dealkylation sites (tertiary alicyclic amines) is 1. The summed E-state index contributed by atoms with van der Waals surface area (Å²) in [6.07, 6.45) is 9.94. The quantitative estimate of drug-likeness (QED) is 0.814. The van der Waals surface area contributed by atoms with Crippen LogP contribution in [0, 0.1) is 5.92 Å². The fourth-order valence-corrected chi connectivity index (χ4v) is 4.37. The molecule has 25 heavy (non-hydrogen) atoms. The van der Waals surface area contributed by atoms with Gasteiger partial charge in [0.05, 0.1) is 31.1 Å². The summed E-state index contributed by atoms with van der Waals surface area (Å²) in [4.78, 5) is 2.52. The molecule has 140 valence electrons. The third-order valence-corrected chi connectivity index (χ3v) is 6.02. The highest BCUT2D eigenvalue weighted by molar-refractivity contribution is 5.04. The highest BCUT2D eigenvalue weighted by Crippen LogP contribution is 2.37. The minimum absolute atomic E-state index is 0.0613. The first kappa shape index (κ1) is 17.5. The Labute approximate surface area is 150 Å². The molecule has 1 atom stereocenters. The number of aromatic nitrogens is 2. The smallest absolute Gasteiger partial charge is 0.0836 e. The van der Waals surface area contributed by atoms with E-state index in [-0.39, 0.29) is 11.7 Å². The Bertz CT molecular complexity index is 548. The molecule has 1 unspecified atom stereocenters. The van der Waals surface area contributed by atoms with Crippen LogP contribution < -0.4 is 0 Å². The average molecular weight is 349 g/mol. The number of rotatable bonds is 5. The van der Waals surface area contributed by atoms with Crippen LogP contribution in [0.5, 0.6) is 0 Å². The van der Waals surface area contributed by atoms with Crippen LogP contribution in [0.3, 0.4) is 0 Å². The number of piperidine rings is 1. The minimum Gasteiger partial charge on any atom is -0.381 e. The van der Waals surface area contributed by atoms with Crippen molar-refractivity contribution in [3.63, 3.8) is 0 Å². The third-order valence-electron chi connectivity index (χ3n) is 6.02. The molecule has 0 aliphatic carbocycles. The van der Waals surface area contributed by atoms with Crippen molar-refractivity contribution in [1.82, 2.24) is 14.7 Å². The molecule has 1 aromatic heterocycles. The Kier molecular flexibility index (Phi) is 5.41. The van der Waals surface area contributed by atoms with Gasteiger partial charge >= 0.3 is 0 Å². The highest BCUT2D eigenvalue weighted by Gasteiger charge is 2.43. The van der Waals surface area contributed by atoms with Gasteiger partial charge in [-0.1, -0.05) is 0 Å². The molecule has 0 radical (unpaired) electrons. The lowest BCUT2D eigenvalue weighted by molar-refractivity contribution is -0.0479. The summed E-state index contributed by atoms with van der Waals surface area (Å²) in [6.45, 7) is 6.63. The zero-order valence-electron chi connectivity index (χ0n) is 15.4. The van der Waals surface area contributed by atoms with Gasteiger partial charge in [-0.3, -0.25) is 9.58 Å². The lowest BCUT2D eigenvalue weighted by Gasteiger charge is -2.38. The molecule has 0 aromatic carbocycles. The zero-order chi connectivity index (χ0) is 17.1. The van der Waals surface area contributed by atoms with E-state index in [1.165, 1.54) is 5.56 Å². The largest absolute Gasteiger partial charge is 0.381 e. The van der Waals surface area contributed by atoms with Crippen molar-refractivity contribution < 1.29 is 14.2 Å². The molecule has 0 saturated carbocycles. The monoisotopic (exact) mass is 349 g/mol. The molecule has 1 aromatic rings. The van der Waals surface area contributed by atoms with Gasteiger partial charge in [-0.05, 0) is 31.6 Å². The topological polar surface area (TPSA) is 48.8 Å². The van der Waals surface area contributed by atoms with Gasteiger partial charge in [-0.25, -0.2) is 0 Å². The summed E-state index contributed by atoms with van der Waals surface area (Å²) >= 11 is 0. The van der Waals surface area contributed by atoms with E-state index < -0.39 is 0 Å². The first-order valence-corrected chi connectivity index (χ1v) is 9.74. The maximum Gasteiger partial charge on any atom is 0.0836 e. The molecule has 0 amide bonds. The Hall–Kier alpha value is -0.950. The summed E-state index contributed by atoms with van der Waals surface area (Å²) in [5.74, 6) is 0.673. The number of aryl methyl sites for hydroxylation is 1. The molecule has 6 heteroatoms. The van der Waals surface area contributed by atoms with E-state index in [0.717, 1.165) is 78.2 Å². The first-order chi connectivity index (χ1) is 12.2. The maximum absolute atomic E-state index is 6.24. The molecule has 3 aliphatic rings. The Balaban J connectivity index is 1.20. The van der Waals surface area contributed by atoms with Gasteiger partial charge < -0.3 is 14.2 Å². The second-order valence-electron chi connectivity index (χ2n) is 8.01.